The largest absolute Gasteiger partial charge is 0.493 e. The van der Waals surface area contributed by atoms with E-state index in [0.717, 1.165) is 9.35 Å². The van der Waals surface area contributed by atoms with Gasteiger partial charge in [-0.2, -0.15) is 0 Å². The number of thiophene rings is 1. The van der Waals surface area contributed by atoms with E-state index in [-0.39, 0.29) is 5.91 Å². The average Bonchev–Trinajstić information content (AvgIpc) is 2.89. The molecular formula is C14H14BrNO3S. The highest BCUT2D eigenvalue weighted by atomic mass is 79.9. The van der Waals surface area contributed by atoms with Crippen LogP contribution in [-0.4, -0.2) is 20.1 Å². The fraction of sp³-hybridized carbons (Fsp3) is 0.214. The lowest BCUT2D eigenvalue weighted by Crippen LogP contribution is -2.22. The molecule has 6 heteroatoms. The van der Waals surface area contributed by atoms with Crippen LogP contribution in [-0.2, 0) is 6.54 Å². The molecule has 1 amide bonds. The molecule has 0 unspecified atom stereocenters. The molecule has 2 aromatic rings. The minimum atomic E-state index is -0.147. The van der Waals surface area contributed by atoms with Gasteiger partial charge in [0.05, 0.1) is 20.8 Å². The van der Waals surface area contributed by atoms with E-state index in [9.17, 15) is 4.79 Å². The molecular weight excluding hydrogens is 342 g/mol. The zero-order valence-electron chi connectivity index (χ0n) is 11.1. The zero-order valence-corrected chi connectivity index (χ0v) is 13.5. The van der Waals surface area contributed by atoms with Crippen LogP contribution in [0.4, 0.5) is 0 Å². The smallest absolute Gasteiger partial charge is 0.251 e. The highest BCUT2D eigenvalue weighted by molar-refractivity contribution is 9.10. The number of benzene rings is 1. The molecule has 20 heavy (non-hydrogen) atoms. The van der Waals surface area contributed by atoms with Crippen LogP contribution in [0.25, 0.3) is 0 Å². The van der Waals surface area contributed by atoms with Gasteiger partial charge in [0.1, 0.15) is 0 Å². The highest BCUT2D eigenvalue weighted by Gasteiger charge is 2.11. The Morgan fingerprint density at radius 1 is 1.25 bits per heavy atom. The van der Waals surface area contributed by atoms with Crippen molar-refractivity contribution in [1.29, 1.82) is 0 Å². The predicted molar refractivity (Wildman–Crippen MR) is 82.7 cm³/mol. The van der Waals surface area contributed by atoms with Crippen LogP contribution < -0.4 is 14.8 Å². The molecule has 0 aliphatic heterocycles. The monoisotopic (exact) mass is 355 g/mol. The van der Waals surface area contributed by atoms with E-state index >= 15 is 0 Å². The third-order valence-electron chi connectivity index (χ3n) is 2.75. The van der Waals surface area contributed by atoms with Crippen molar-refractivity contribution in [3.63, 3.8) is 0 Å². The molecule has 106 valence electrons. The number of carbonyl (C=O) groups is 1. The standard InChI is InChI=1S/C14H14BrNO3S/c1-18-11-4-3-9(7-12(11)19-2)14(17)16-8-13-10(15)5-6-20-13/h3-7H,8H2,1-2H3,(H,16,17). The molecule has 0 saturated heterocycles. The van der Waals surface area contributed by atoms with E-state index in [4.69, 9.17) is 9.47 Å². The van der Waals surface area contributed by atoms with Gasteiger partial charge in [-0.15, -0.1) is 11.3 Å². The van der Waals surface area contributed by atoms with Gasteiger partial charge in [0.25, 0.3) is 5.91 Å². The summed E-state index contributed by atoms with van der Waals surface area (Å²) < 4.78 is 11.3. The van der Waals surface area contributed by atoms with Crippen molar-refractivity contribution >= 4 is 33.2 Å². The number of methoxy groups -OCH3 is 2. The summed E-state index contributed by atoms with van der Waals surface area (Å²) in [6, 6.07) is 7.05. The second kappa shape index (κ2) is 6.76. The number of halogens is 1. The van der Waals surface area contributed by atoms with Crippen LogP contribution in [0.1, 0.15) is 15.2 Å². The van der Waals surface area contributed by atoms with Crippen molar-refractivity contribution in [3.8, 4) is 11.5 Å². The first kappa shape index (κ1) is 14.9. The number of amides is 1. The van der Waals surface area contributed by atoms with Gasteiger partial charge in [0.2, 0.25) is 0 Å². The Morgan fingerprint density at radius 3 is 2.60 bits per heavy atom. The Bertz CT molecular complexity index is 612. The minimum absolute atomic E-state index is 0.147. The van der Waals surface area contributed by atoms with Gasteiger partial charge in [-0.25, -0.2) is 0 Å². The molecule has 1 N–H and O–H groups in total. The number of hydrogen-bond acceptors (Lipinski definition) is 4. The molecule has 0 fully saturated rings. The van der Waals surface area contributed by atoms with E-state index in [2.05, 4.69) is 21.2 Å². The summed E-state index contributed by atoms with van der Waals surface area (Å²) in [5.41, 5.74) is 0.537. The van der Waals surface area contributed by atoms with Gasteiger partial charge in [-0.05, 0) is 45.6 Å². The van der Waals surface area contributed by atoms with E-state index < -0.39 is 0 Å². The molecule has 0 aliphatic carbocycles. The molecule has 0 radical (unpaired) electrons. The number of nitrogens with one attached hydrogen (secondary N) is 1. The second-order valence-electron chi connectivity index (χ2n) is 3.94. The topological polar surface area (TPSA) is 47.6 Å². The first-order chi connectivity index (χ1) is 9.65. The van der Waals surface area contributed by atoms with Crippen molar-refractivity contribution < 1.29 is 14.3 Å². The Labute approximate surface area is 129 Å². The summed E-state index contributed by atoms with van der Waals surface area (Å²) in [6.07, 6.45) is 0. The van der Waals surface area contributed by atoms with Gasteiger partial charge < -0.3 is 14.8 Å². The summed E-state index contributed by atoms with van der Waals surface area (Å²) in [7, 11) is 3.11. The molecule has 0 atom stereocenters. The normalized spacial score (nSPS) is 10.2. The van der Waals surface area contributed by atoms with Crippen LogP contribution in [0.2, 0.25) is 0 Å². The lowest BCUT2D eigenvalue weighted by molar-refractivity contribution is 0.0951. The van der Waals surface area contributed by atoms with E-state index in [0.29, 0.717) is 23.6 Å². The first-order valence-corrected chi connectivity index (χ1v) is 7.55. The zero-order chi connectivity index (χ0) is 14.5. The number of rotatable bonds is 5. The Morgan fingerprint density at radius 2 is 2.00 bits per heavy atom. The fourth-order valence-corrected chi connectivity index (χ4v) is 3.12. The lowest BCUT2D eigenvalue weighted by Gasteiger charge is -2.09. The molecule has 0 saturated carbocycles. The van der Waals surface area contributed by atoms with Crippen molar-refractivity contribution in [2.75, 3.05) is 14.2 Å². The van der Waals surface area contributed by atoms with Crippen molar-refractivity contribution in [3.05, 3.63) is 44.6 Å². The molecule has 1 heterocycles. The Kier molecular flexibility index (Phi) is 5.03. The third-order valence-corrected chi connectivity index (χ3v) is 4.67. The van der Waals surface area contributed by atoms with Crippen LogP contribution in [0.3, 0.4) is 0 Å². The van der Waals surface area contributed by atoms with Gasteiger partial charge in [0.15, 0.2) is 11.5 Å². The maximum absolute atomic E-state index is 12.1. The molecule has 2 rings (SSSR count). The quantitative estimate of drug-likeness (QED) is 0.893. The summed E-state index contributed by atoms with van der Waals surface area (Å²) in [5.74, 6) is 0.994. The fourth-order valence-electron chi connectivity index (χ4n) is 1.69. The van der Waals surface area contributed by atoms with E-state index in [1.54, 1.807) is 43.8 Å². The highest BCUT2D eigenvalue weighted by Crippen LogP contribution is 2.27. The summed E-state index contributed by atoms with van der Waals surface area (Å²) in [6.45, 7) is 0.491. The summed E-state index contributed by atoms with van der Waals surface area (Å²) >= 11 is 5.03. The maximum atomic E-state index is 12.1. The molecule has 1 aromatic carbocycles. The minimum Gasteiger partial charge on any atom is -0.493 e. The molecule has 0 aliphatic rings. The van der Waals surface area contributed by atoms with Crippen LogP contribution >= 0.6 is 27.3 Å². The third kappa shape index (κ3) is 3.32. The summed E-state index contributed by atoms with van der Waals surface area (Å²) in [4.78, 5) is 13.2. The second-order valence-corrected chi connectivity index (χ2v) is 5.80. The van der Waals surface area contributed by atoms with Gasteiger partial charge in [-0.1, -0.05) is 0 Å². The molecule has 1 aromatic heterocycles. The molecule has 0 bridgehead atoms. The van der Waals surface area contributed by atoms with Crippen LogP contribution in [0, 0.1) is 0 Å². The van der Waals surface area contributed by atoms with Gasteiger partial charge in [-0.3, -0.25) is 4.79 Å². The summed E-state index contributed by atoms with van der Waals surface area (Å²) in [5, 5.41) is 4.85. The number of carbonyl (C=O) groups excluding carboxylic acids is 1. The Balaban J connectivity index is 2.07. The average molecular weight is 356 g/mol. The van der Waals surface area contributed by atoms with Gasteiger partial charge in [0, 0.05) is 14.9 Å². The number of hydrogen-bond donors (Lipinski definition) is 1. The predicted octanol–water partition coefficient (Wildman–Crippen LogP) is 3.46. The SMILES string of the molecule is COc1ccc(C(=O)NCc2sccc2Br)cc1OC. The van der Waals surface area contributed by atoms with Crippen molar-refractivity contribution in [1.82, 2.24) is 5.32 Å². The molecule has 4 nitrogen and oxygen atoms in total. The van der Waals surface area contributed by atoms with Crippen LogP contribution in [0.5, 0.6) is 11.5 Å². The van der Waals surface area contributed by atoms with E-state index in [1.165, 1.54) is 0 Å². The van der Waals surface area contributed by atoms with Gasteiger partial charge >= 0.3 is 0 Å². The molecule has 0 spiro atoms. The first-order valence-electron chi connectivity index (χ1n) is 5.87. The van der Waals surface area contributed by atoms with Crippen LogP contribution in [0.15, 0.2) is 34.1 Å². The maximum Gasteiger partial charge on any atom is 0.251 e. The number of ether oxygens (including phenoxy) is 2. The lowest BCUT2D eigenvalue weighted by atomic mass is 10.2. The van der Waals surface area contributed by atoms with E-state index in [1.807, 2.05) is 11.4 Å². The van der Waals surface area contributed by atoms with Crippen molar-refractivity contribution in [2.45, 2.75) is 6.54 Å². The van der Waals surface area contributed by atoms with Crippen molar-refractivity contribution in [2.24, 2.45) is 0 Å². The Hall–Kier alpha value is -1.53.